The third-order valence-electron chi connectivity index (χ3n) is 5.59. The van der Waals surface area contributed by atoms with Crippen LogP contribution in [-0.2, 0) is 18.3 Å². The van der Waals surface area contributed by atoms with Crippen LogP contribution in [0.3, 0.4) is 0 Å². The van der Waals surface area contributed by atoms with Gasteiger partial charge in [0.05, 0.1) is 18.7 Å². The van der Waals surface area contributed by atoms with E-state index in [-0.39, 0.29) is 5.91 Å². The molecule has 0 unspecified atom stereocenters. The fraction of sp³-hybridized carbons (Fsp3) is 0.214. The van der Waals surface area contributed by atoms with Gasteiger partial charge in [0.25, 0.3) is 5.91 Å². The van der Waals surface area contributed by atoms with Crippen molar-refractivity contribution in [2.45, 2.75) is 13.5 Å². The van der Waals surface area contributed by atoms with E-state index in [0.29, 0.717) is 36.9 Å². The van der Waals surface area contributed by atoms with E-state index in [0.717, 1.165) is 22.4 Å². The molecule has 4 aromatic rings. The Labute approximate surface area is 200 Å². The lowest BCUT2D eigenvalue weighted by Gasteiger charge is -2.23. The first-order chi connectivity index (χ1) is 16.6. The summed E-state index contributed by atoms with van der Waals surface area (Å²) in [7, 11) is 3.49. The standard InChI is InChI=1S/C28H29N3O3/c1-21-14-16-23(17-15-21)27(32)31(18-19-33-3)20-25-26(22-10-6-4-7-11-22)29-30(2)28(25)34-24-12-8-5-9-13-24/h4-17H,18-20H2,1-3H3. The molecular formula is C28H29N3O3. The average molecular weight is 456 g/mol. The Balaban J connectivity index is 1.75. The SMILES string of the molecule is COCCN(Cc1c(-c2ccccc2)nn(C)c1Oc1ccccc1)C(=O)c1ccc(C)cc1. The minimum atomic E-state index is -0.0643. The highest BCUT2D eigenvalue weighted by Gasteiger charge is 2.25. The second-order valence-corrected chi connectivity index (χ2v) is 8.12. The van der Waals surface area contributed by atoms with Crippen molar-refractivity contribution in [2.24, 2.45) is 7.05 Å². The van der Waals surface area contributed by atoms with Gasteiger partial charge in [-0.15, -0.1) is 0 Å². The van der Waals surface area contributed by atoms with Gasteiger partial charge >= 0.3 is 0 Å². The van der Waals surface area contributed by atoms with Gasteiger partial charge in [-0.1, -0.05) is 66.2 Å². The number of para-hydroxylation sites is 1. The van der Waals surface area contributed by atoms with E-state index in [2.05, 4.69) is 0 Å². The Bertz CT molecular complexity index is 1220. The maximum absolute atomic E-state index is 13.5. The van der Waals surface area contributed by atoms with Crippen LogP contribution in [0.25, 0.3) is 11.3 Å². The van der Waals surface area contributed by atoms with Gasteiger partial charge in [-0.3, -0.25) is 4.79 Å². The van der Waals surface area contributed by atoms with E-state index in [4.69, 9.17) is 14.6 Å². The molecule has 0 saturated carbocycles. The van der Waals surface area contributed by atoms with E-state index in [1.54, 1.807) is 16.7 Å². The summed E-state index contributed by atoms with van der Waals surface area (Å²) in [6, 6.07) is 27.2. The molecular weight excluding hydrogens is 426 g/mol. The lowest BCUT2D eigenvalue weighted by atomic mass is 10.1. The molecule has 0 N–H and O–H groups in total. The summed E-state index contributed by atoms with van der Waals surface area (Å²) >= 11 is 0. The fourth-order valence-electron chi connectivity index (χ4n) is 3.77. The third kappa shape index (κ3) is 5.35. The fourth-order valence-corrected chi connectivity index (χ4v) is 3.77. The molecule has 0 atom stereocenters. The molecule has 0 bridgehead atoms. The minimum absolute atomic E-state index is 0.0643. The highest BCUT2D eigenvalue weighted by molar-refractivity contribution is 5.94. The Kier molecular flexibility index (Phi) is 7.40. The van der Waals surface area contributed by atoms with E-state index >= 15 is 0 Å². The number of ether oxygens (including phenoxy) is 2. The first-order valence-corrected chi connectivity index (χ1v) is 11.3. The van der Waals surface area contributed by atoms with Crippen molar-refractivity contribution in [3.05, 3.63) is 102 Å². The van der Waals surface area contributed by atoms with Gasteiger partial charge in [-0.25, -0.2) is 4.68 Å². The van der Waals surface area contributed by atoms with Gasteiger partial charge in [0.1, 0.15) is 11.4 Å². The number of aromatic nitrogens is 2. The first kappa shape index (κ1) is 23.3. The number of amides is 1. The molecule has 4 rings (SSSR count). The lowest BCUT2D eigenvalue weighted by Crippen LogP contribution is -2.33. The van der Waals surface area contributed by atoms with E-state index in [1.165, 1.54) is 0 Å². The molecule has 0 aliphatic carbocycles. The Morgan fingerprint density at radius 1 is 0.941 bits per heavy atom. The molecule has 3 aromatic carbocycles. The summed E-state index contributed by atoms with van der Waals surface area (Å²) in [6.45, 7) is 3.20. The van der Waals surface area contributed by atoms with Crippen molar-refractivity contribution < 1.29 is 14.3 Å². The molecule has 0 fully saturated rings. The number of hydrogen-bond acceptors (Lipinski definition) is 4. The summed E-state index contributed by atoms with van der Waals surface area (Å²) in [5.74, 6) is 1.24. The molecule has 34 heavy (non-hydrogen) atoms. The Hall–Kier alpha value is -3.90. The van der Waals surface area contributed by atoms with Crippen molar-refractivity contribution in [3.63, 3.8) is 0 Å². The predicted molar refractivity (Wildman–Crippen MR) is 133 cm³/mol. The number of methoxy groups -OCH3 is 1. The van der Waals surface area contributed by atoms with Gasteiger partial charge in [-0.05, 0) is 31.2 Å². The second-order valence-electron chi connectivity index (χ2n) is 8.12. The smallest absolute Gasteiger partial charge is 0.254 e. The summed E-state index contributed by atoms with van der Waals surface area (Å²) in [6.07, 6.45) is 0. The second kappa shape index (κ2) is 10.8. The molecule has 0 radical (unpaired) electrons. The normalized spacial score (nSPS) is 10.8. The number of aryl methyl sites for hydroxylation is 2. The zero-order valence-corrected chi connectivity index (χ0v) is 19.8. The molecule has 6 nitrogen and oxygen atoms in total. The Morgan fingerprint density at radius 3 is 2.24 bits per heavy atom. The van der Waals surface area contributed by atoms with E-state index in [1.807, 2.05) is 98.9 Å². The summed E-state index contributed by atoms with van der Waals surface area (Å²) in [5.41, 5.74) is 4.34. The molecule has 1 amide bonds. The van der Waals surface area contributed by atoms with Gasteiger partial charge in [0.15, 0.2) is 0 Å². The summed E-state index contributed by atoms with van der Waals surface area (Å²) < 4.78 is 13.3. The molecule has 174 valence electrons. The zero-order valence-electron chi connectivity index (χ0n) is 19.8. The third-order valence-corrected chi connectivity index (χ3v) is 5.59. The molecule has 6 heteroatoms. The number of carbonyl (C=O) groups excluding carboxylic acids is 1. The van der Waals surface area contributed by atoms with Crippen LogP contribution in [0.1, 0.15) is 21.5 Å². The number of nitrogens with zero attached hydrogens (tertiary/aromatic N) is 3. The average Bonchev–Trinajstić information content (AvgIpc) is 3.17. The molecule has 1 aromatic heterocycles. The maximum atomic E-state index is 13.5. The van der Waals surface area contributed by atoms with Crippen molar-refractivity contribution in [2.75, 3.05) is 20.3 Å². The van der Waals surface area contributed by atoms with Crippen LogP contribution >= 0.6 is 0 Å². The highest BCUT2D eigenvalue weighted by atomic mass is 16.5. The van der Waals surface area contributed by atoms with Crippen LogP contribution in [0.5, 0.6) is 11.6 Å². The zero-order chi connectivity index (χ0) is 23.9. The van der Waals surface area contributed by atoms with E-state index < -0.39 is 0 Å². The molecule has 0 aliphatic rings. The number of rotatable bonds is 9. The maximum Gasteiger partial charge on any atom is 0.254 e. The van der Waals surface area contributed by atoms with Crippen LogP contribution in [0, 0.1) is 6.92 Å². The molecule has 0 aliphatic heterocycles. The van der Waals surface area contributed by atoms with Crippen LogP contribution in [0.2, 0.25) is 0 Å². The topological polar surface area (TPSA) is 56.6 Å². The first-order valence-electron chi connectivity index (χ1n) is 11.3. The van der Waals surface area contributed by atoms with Crippen LogP contribution in [0.15, 0.2) is 84.9 Å². The Morgan fingerprint density at radius 2 is 1.59 bits per heavy atom. The summed E-state index contributed by atoms with van der Waals surface area (Å²) in [4.78, 5) is 15.3. The monoisotopic (exact) mass is 455 g/mol. The summed E-state index contributed by atoms with van der Waals surface area (Å²) in [5, 5.41) is 4.78. The highest BCUT2D eigenvalue weighted by Crippen LogP contribution is 2.34. The quantitative estimate of drug-likeness (QED) is 0.336. The molecule has 0 spiro atoms. The number of benzene rings is 3. The lowest BCUT2D eigenvalue weighted by molar-refractivity contribution is 0.0679. The number of carbonyl (C=O) groups is 1. The van der Waals surface area contributed by atoms with Gasteiger partial charge in [0, 0.05) is 31.8 Å². The minimum Gasteiger partial charge on any atom is -0.439 e. The predicted octanol–water partition coefficient (Wildman–Crippen LogP) is 5.48. The largest absolute Gasteiger partial charge is 0.439 e. The van der Waals surface area contributed by atoms with Crippen molar-refractivity contribution >= 4 is 5.91 Å². The van der Waals surface area contributed by atoms with Crippen LogP contribution in [0.4, 0.5) is 0 Å². The van der Waals surface area contributed by atoms with Crippen LogP contribution < -0.4 is 4.74 Å². The molecule has 1 heterocycles. The van der Waals surface area contributed by atoms with Crippen molar-refractivity contribution in [3.8, 4) is 22.9 Å². The van der Waals surface area contributed by atoms with E-state index in [9.17, 15) is 4.79 Å². The van der Waals surface area contributed by atoms with Crippen molar-refractivity contribution in [1.29, 1.82) is 0 Å². The molecule has 0 saturated heterocycles. The number of hydrogen-bond donors (Lipinski definition) is 0. The van der Waals surface area contributed by atoms with Crippen LogP contribution in [-0.4, -0.2) is 40.8 Å². The van der Waals surface area contributed by atoms with Gasteiger partial charge in [-0.2, -0.15) is 5.10 Å². The van der Waals surface area contributed by atoms with Gasteiger partial charge < -0.3 is 14.4 Å². The van der Waals surface area contributed by atoms with Gasteiger partial charge in [0.2, 0.25) is 5.88 Å². The van der Waals surface area contributed by atoms with Crippen molar-refractivity contribution in [1.82, 2.24) is 14.7 Å².